The number of aromatic nitrogens is 4. The highest BCUT2D eigenvalue weighted by Gasteiger charge is 1.96. The molecule has 0 saturated heterocycles. The van der Waals surface area contributed by atoms with Crippen LogP contribution in [0.25, 0.3) is 0 Å². The van der Waals surface area contributed by atoms with E-state index < -0.39 is 0 Å². The zero-order valence-corrected chi connectivity index (χ0v) is 7.22. The Kier molecular flexibility index (Phi) is 3.66. The van der Waals surface area contributed by atoms with Gasteiger partial charge in [0.25, 0.3) is 0 Å². The minimum atomic E-state index is -0.195. The van der Waals surface area contributed by atoms with Crippen molar-refractivity contribution in [2.24, 2.45) is 0 Å². The number of aliphatic hydroxyl groups excluding tert-OH is 1. The lowest BCUT2D eigenvalue weighted by atomic mass is 10.2. The fourth-order valence-electron chi connectivity index (χ4n) is 0.996. The monoisotopic (exact) mass is 170 g/mol. The van der Waals surface area contributed by atoms with E-state index in [4.69, 9.17) is 5.11 Å². The summed E-state index contributed by atoms with van der Waals surface area (Å²) in [6, 6.07) is 0. The number of nitrogens with zero attached hydrogens (tertiary/aromatic N) is 4. The molecule has 68 valence electrons. The average Bonchev–Trinajstić information content (AvgIpc) is 2.49. The first-order valence-corrected chi connectivity index (χ1v) is 4.18. The lowest BCUT2D eigenvalue weighted by Gasteiger charge is -2.02. The van der Waals surface area contributed by atoms with Gasteiger partial charge < -0.3 is 5.11 Å². The summed E-state index contributed by atoms with van der Waals surface area (Å²) in [6.45, 7) is 2.64. The van der Waals surface area contributed by atoms with Crippen molar-refractivity contribution in [1.82, 2.24) is 20.2 Å². The van der Waals surface area contributed by atoms with E-state index in [2.05, 4.69) is 15.5 Å². The number of aryl methyl sites for hydroxylation is 1. The topological polar surface area (TPSA) is 63.8 Å². The first kappa shape index (κ1) is 9.12. The van der Waals surface area contributed by atoms with Gasteiger partial charge in [-0.2, -0.15) is 0 Å². The molecule has 1 rings (SSSR count). The predicted octanol–water partition coefficient (Wildman–Crippen LogP) is 0.224. The van der Waals surface area contributed by atoms with Gasteiger partial charge in [-0.15, -0.1) is 5.10 Å². The summed E-state index contributed by atoms with van der Waals surface area (Å²) in [5.41, 5.74) is 0. The molecule has 0 aliphatic carbocycles. The van der Waals surface area contributed by atoms with Crippen molar-refractivity contribution in [3.05, 3.63) is 6.33 Å². The fourth-order valence-corrected chi connectivity index (χ4v) is 0.996. The maximum Gasteiger partial charge on any atom is 0.138 e. The van der Waals surface area contributed by atoms with Gasteiger partial charge in [0.15, 0.2) is 0 Å². The Morgan fingerprint density at radius 3 is 2.92 bits per heavy atom. The molecule has 0 aliphatic heterocycles. The Morgan fingerprint density at radius 1 is 1.50 bits per heavy atom. The van der Waals surface area contributed by atoms with Crippen LogP contribution >= 0.6 is 0 Å². The molecule has 0 aromatic carbocycles. The molecule has 1 atom stereocenters. The van der Waals surface area contributed by atoms with E-state index in [1.807, 2.05) is 0 Å². The van der Waals surface area contributed by atoms with E-state index >= 15 is 0 Å². The molecule has 1 aromatic rings. The molecule has 0 saturated carbocycles. The first-order chi connectivity index (χ1) is 5.79. The summed E-state index contributed by atoms with van der Waals surface area (Å²) in [4.78, 5) is 0. The molecule has 0 fully saturated rings. The molecule has 0 spiro atoms. The van der Waals surface area contributed by atoms with Crippen LogP contribution in [0.4, 0.5) is 0 Å². The number of aliphatic hydroxyl groups is 1. The molecular weight excluding hydrogens is 156 g/mol. The average molecular weight is 170 g/mol. The summed E-state index contributed by atoms with van der Waals surface area (Å²) < 4.78 is 1.70. The molecule has 5 heteroatoms. The Hall–Kier alpha value is -0.970. The smallest absolute Gasteiger partial charge is 0.138 e. The number of unbranched alkanes of at least 4 members (excludes halogenated alkanes) is 1. The van der Waals surface area contributed by atoms with E-state index in [1.165, 1.54) is 0 Å². The largest absolute Gasteiger partial charge is 0.393 e. The number of tetrazole rings is 1. The van der Waals surface area contributed by atoms with Crippen LogP contribution in [-0.2, 0) is 6.54 Å². The van der Waals surface area contributed by atoms with Crippen LogP contribution in [0.15, 0.2) is 6.33 Å². The highest BCUT2D eigenvalue weighted by molar-refractivity contribution is 4.50. The van der Waals surface area contributed by atoms with Crippen molar-refractivity contribution in [2.45, 2.75) is 38.8 Å². The van der Waals surface area contributed by atoms with E-state index in [1.54, 1.807) is 17.9 Å². The number of hydrogen-bond donors (Lipinski definition) is 1. The molecule has 1 heterocycles. The van der Waals surface area contributed by atoms with Crippen LogP contribution in [0.3, 0.4) is 0 Å². The third kappa shape index (κ3) is 3.43. The quantitative estimate of drug-likeness (QED) is 0.642. The van der Waals surface area contributed by atoms with Gasteiger partial charge in [0.2, 0.25) is 0 Å². The first-order valence-electron chi connectivity index (χ1n) is 4.18. The Bertz CT molecular complexity index is 197. The van der Waals surface area contributed by atoms with Gasteiger partial charge in [0.1, 0.15) is 6.33 Å². The number of hydrogen-bond acceptors (Lipinski definition) is 4. The summed E-state index contributed by atoms with van der Waals surface area (Å²) in [6.07, 6.45) is 4.27. The molecule has 12 heavy (non-hydrogen) atoms. The van der Waals surface area contributed by atoms with Gasteiger partial charge in [0, 0.05) is 6.54 Å². The minimum absolute atomic E-state index is 0.195. The molecular formula is C7H14N4O. The predicted molar refractivity (Wildman–Crippen MR) is 43.3 cm³/mol. The van der Waals surface area contributed by atoms with Crippen LogP contribution < -0.4 is 0 Å². The van der Waals surface area contributed by atoms with Crippen molar-refractivity contribution < 1.29 is 5.11 Å². The molecule has 1 unspecified atom stereocenters. The molecule has 0 bridgehead atoms. The molecule has 1 N–H and O–H groups in total. The van der Waals surface area contributed by atoms with Gasteiger partial charge in [0.05, 0.1) is 6.10 Å². The summed E-state index contributed by atoms with van der Waals surface area (Å²) in [7, 11) is 0. The van der Waals surface area contributed by atoms with Gasteiger partial charge in [-0.25, -0.2) is 4.68 Å². The molecule has 0 amide bonds. The van der Waals surface area contributed by atoms with Crippen LogP contribution in [0.5, 0.6) is 0 Å². The highest BCUT2D eigenvalue weighted by Crippen LogP contribution is 2.00. The second-order valence-electron chi connectivity index (χ2n) is 2.92. The van der Waals surface area contributed by atoms with Crippen LogP contribution in [0.1, 0.15) is 26.2 Å². The van der Waals surface area contributed by atoms with Crippen molar-refractivity contribution in [3.63, 3.8) is 0 Å². The summed E-state index contributed by atoms with van der Waals surface area (Å²) in [5, 5.41) is 19.7. The second kappa shape index (κ2) is 4.82. The highest BCUT2D eigenvalue weighted by atomic mass is 16.3. The molecule has 0 radical (unpaired) electrons. The van der Waals surface area contributed by atoms with Crippen LogP contribution in [0.2, 0.25) is 0 Å². The number of rotatable bonds is 5. The van der Waals surface area contributed by atoms with Gasteiger partial charge >= 0.3 is 0 Å². The van der Waals surface area contributed by atoms with Crippen LogP contribution in [-0.4, -0.2) is 31.4 Å². The molecule has 0 aliphatic rings. The lowest BCUT2D eigenvalue weighted by molar-refractivity contribution is 0.180. The third-order valence-electron chi connectivity index (χ3n) is 1.65. The van der Waals surface area contributed by atoms with E-state index in [0.717, 1.165) is 25.8 Å². The minimum Gasteiger partial charge on any atom is -0.393 e. The Balaban J connectivity index is 2.04. The van der Waals surface area contributed by atoms with E-state index in [-0.39, 0.29) is 6.10 Å². The zero-order valence-electron chi connectivity index (χ0n) is 7.22. The van der Waals surface area contributed by atoms with Crippen molar-refractivity contribution >= 4 is 0 Å². The Labute approximate surface area is 71.4 Å². The van der Waals surface area contributed by atoms with Crippen molar-refractivity contribution in [2.75, 3.05) is 0 Å². The third-order valence-corrected chi connectivity index (χ3v) is 1.65. The van der Waals surface area contributed by atoms with Crippen molar-refractivity contribution in [1.29, 1.82) is 0 Å². The summed E-state index contributed by atoms with van der Waals surface area (Å²) >= 11 is 0. The van der Waals surface area contributed by atoms with Gasteiger partial charge in [-0.1, -0.05) is 0 Å². The maximum absolute atomic E-state index is 8.96. The van der Waals surface area contributed by atoms with E-state index in [0.29, 0.717) is 0 Å². The molecule has 1 aromatic heterocycles. The zero-order chi connectivity index (χ0) is 8.81. The molecule has 5 nitrogen and oxygen atoms in total. The fraction of sp³-hybridized carbons (Fsp3) is 0.857. The summed E-state index contributed by atoms with van der Waals surface area (Å²) in [5.74, 6) is 0. The van der Waals surface area contributed by atoms with Crippen molar-refractivity contribution in [3.8, 4) is 0 Å². The second-order valence-corrected chi connectivity index (χ2v) is 2.92. The normalized spacial score (nSPS) is 13.2. The van der Waals surface area contributed by atoms with Crippen LogP contribution in [0, 0.1) is 0 Å². The standard InChI is InChI=1S/C7H14N4O/c1-7(12)4-2-3-5-11-6-8-9-10-11/h6-7,12H,2-5H2,1H3. The van der Waals surface area contributed by atoms with Gasteiger partial charge in [-0.05, 0) is 36.6 Å². The lowest BCUT2D eigenvalue weighted by Crippen LogP contribution is -2.02. The van der Waals surface area contributed by atoms with E-state index in [9.17, 15) is 0 Å². The van der Waals surface area contributed by atoms with Gasteiger partial charge in [-0.3, -0.25) is 0 Å². The SMILES string of the molecule is CC(O)CCCCn1cnnn1. The Morgan fingerprint density at radius 2 is 2.33 bits per heavy atom. The maximum atomic E-state index is 8.96.